The van der Waals surface area contributed by atoms with E-state index in [0.29, 0.717) is 11.8 Å². The highest BCUT2D eigenvalue weighted by atomic mass is 16.4. The molecule has 0 spiro atoms. The first-order valence-corrected chi connectivity index (χ1v) is 7.14. The van der Waals surface area contributed by atoms with Crippen LogP contribution in [-0.4, -0.2) is 9.55 Å². The molecule has 0 saturated heterocycles. The average Bonchev–Trinajstić information content (AvgIpc) is 3.15. The molecule has 0 aliphatic carbocycles. The summed E-state index contributed by atoms with van der Waals surface area (Å²) in [4.78, 5) is 4.33. The molecule has 0 radical (unpaired) electrons. The second-order valence-electron chi connectivity index (χ2n) is 5.17. The van der Waals surface area contributed by atoms with Crippen molar-refractivity contribution in [2.45, 2.75) is 0 Å². The van der Waals surface area contributed by atoms with Crippen molar-refractivity contribution in [2.75, 3.05) is 5.32 Å². The predicted molar refractivity (Wildman–Crippen MR) is 88.1 cm³/mol. The quantitative estimate of drug-likeness (QED) is 0.600. The van der Waals surface area contributed by atoms with Crippen LogP contribution in [0.5, 0.6) is 0 Å². The lowest BCUT2D eigenvalue weighted by Crippen LogP contribution is -1.96. The predicted octanol–water partition coefficient (Wildman–Crippen LogP) is 4.58. The Balaban J connectivity index is 1.66. The van der Waals surface area contributed by atoms with Crippen LogP contribution in [-0.2, 0) is 7.05 Å². The Bertz CT molecular complexity index is 922. The second-order valence-corrected chi connectivity index (χ2v) is 5.17. The molecule has 0 fully saturated rings. The van der Waals surface area contributed by atoms with Gasteiger partial charge in [-0.1, -0.05) is 36.4 Å². The fourth-order valence-electron chi connectivity index (χ4n) is 2.58. The first-order chi connectivity index (χ1) is 10.8. The minimum absolute atomic E-state index is 0.613. The van der Waals surface area contributed by atoms with Gasteiger partial charge in [-0.05, 0) is 24.3 Å². The van der Waals surface area contributed by atoms with Crippen LogP contribution in [0.1, 0.15) is 0 Å². The number of aryl methyl sites for hydroxylation is 1. The number of hydrogen-bond donors (Lipinski definition) is 1. The number of benzene rings is 2. The van der Waals surface area contributed by atoms with E-state index < -0.39 is 0 Å². The Kier molecular flexibility index (Phi) is 2.93. The van der Waals surface area contributed by atoms with Crippen molar-refractivity contribution in [3.8, 4) is 11.5 Å². The summed E-state index contributed by atoms with van der Waals surface area (Å²) >= 11 is 0. The van der Waals surface area contributed by atoms with Gasteiger partial charge in [0.2, 0.25) is 11.8 Å². The van der Waals surface area contributed by atoms with Gasteiger partial charge >= 0.3 is 0 Å². The first-order valence-electron chi connectivity index (χ1n) is 7.14. The highest BCUT2D eigenvalue weighted by Crippen LogP contribution is 2.27. The number of nitrogens with zero attached hydrogens (tertiary/aromatic N) is 2. The van der Waals surface area contributed by atoms with Gasteiger partial charge in [0.1, 0.15) is 5.82 Å². The molecule has 0 saturated carbocycles. The maximum atomic E-state index is 5.79. The smallest absolute Gasteiger partial charge is 0.228 e. The summed E-state index contributed by atoms with van der Waals surface area (Å²) in [7, 11) is 2.03. The molecule has 1 N–H and O–H groups in total. The van der Waals surface area contributed by atoms with Gasteiger partial charge in [0.25, 0.3) is 0 Å². The van der Waals surface area contributed by atoms with Gasteiger partial charge in [-0.25, -0.2) is 4.98 Å². The topological polar surface area (TPSA) is 43.0 Å². The molecule has 4 rings (SSSR count). The highest BCUT2D eigenvalue weighted by molar-refractivity contribution is 5.85. The van der Waals surface area contributed by atoms with E-state index >= 15 is 0 Å². The molecule has 0 atom stereocenters. The molecule has 0 aliphatic heterocycles. The van der Waals surface area contributed by atoms with E-state index in [4.69, 9.17) is 4.42 Å². The zero-order valence-corrected chi connectivity index (χ0v) is 12.2. The maximum absolute atomic E-state index is 5.79. The third kappa shape index (κ3) is 2.15. The number of aromatic nitrogens is 2. The summed E-state index contributed by atoms with van der Waals surface area (Å²) in [5.74, 6) is 2.21. The van der Waals surface area contributed by atoms with Crippen LogP contribution in [0.25, 0.3) is 22.4 Å². The number of fused-ring (bicyclic) bond motifs is 1. The minimum Gasteiger partial charge on any atom is -0.420 e. The van der Waals surface area contributed by atoms with E-state index in [2.05, 4.69) is 33.1 Å². The molecule has 0 bridgehead atoms. The highest BCUT2D eigenvalue weighted by Gasteiger charge is 2.09. The number of para-hydroxylation sites is 1. The van der Waals surface area contributed by atoms with E-state index in [1.807, 2.05) is 49.5 Å². The van der Waals surface area contributed by atoms with Gasteiger partial charge in [0, 0.05) is 23.5 Å². The zero-order valence-electron chi connectivity index (χ0n) is 12.2. The Labute approximate surface area is 128 Å². The normalized spacial score (nSPS) is 11.0. The summed E-state index contributed by atoms with van der Waals surface area (Å²) in [6, 6.07) is 20.2. The SMILES string of the molecule is Cn1c(Nc2cnc(-c3ccccc3)o2)cc2ccccc21. The lowest BCUT2D eigenvalue weighted by atomic mass is 10.2. The van der Waals surface area contributed by atoms with Crippen LogP contribution in [0, 0.1) is 0 Å². The van der Waals surface area contributed by atoms with Gasteiger partial charge < -0.3 is 14.3 Å². The number of nitrogens with one attached hydrogen (secondary N) is 1. The summed E-state index contributed by atoms with van der Waals surface area (Å²) in [5, 5.41) is 4.48. The second kappa shape index (κ2) is 5.07. The van der Waals surface area contributed by atoms with Crippen molar-refractivity contribution in [3.63, 3.8) is 0 Å². The van der Waals surface area contributed by atoms with E-state index in [1.54, 1.807) is 6.20 Å². The van der Waals surface area contributed by atoms with Gasteiger partial charge in [0.05, 0.1) is 6.20 Å². The van der Waals surface area contributed by atoms with Crippen LogP contribution >= 0.6 is 0 Å². The van der Waals surface area contributed by atoms with Crippen LogP contribution in [0.15, 0.2) is 71.3 Å². The van der Waals surface area contributed by atoms with Crippen molar-refractivity contribution >= 4 is 22.6 Å². The average molecular weight is 289 g/mol. The third-order valence-electron chi connectivity index (χ3n) is 3.73. The van der Waals surface area contributed by atoms with E-state index in [9.17, 15) is 0 Å². The monoisotopic (exact) mass is 289 g/mol. The van der Waals surface area contributed by atoms with E-state index in [0.717, 1.165) is 11.4 Å². The van der Waals surface area contributed by atoms with Crippen LogP contribution in [0.3, 0.4) is 0 Å². The molecule has 108 valence electrons. The van der Waals surface area contributed by atoms with Gasteiger partial charge in [-0.2, -0.15) is 0 Å². The fraction of sp³-hybridized carbons (Fsp3) is 0.0556. The summed E-state index contributed by atoms with van der Waals surface area (Å²) in [6.07, 6.45) is 1.71. The Morgan fingerprint density at radius 1 is 1.00 bits per heavy atom. The molecular formula is C18H15N3O. The lowest BCUT2D eigenvalue weighted by Gasteiger charge is -2.04. The van der Waals surface area contributed by atoms with Crippen molar-refractivity contribution in [2.24, 2.45) is 7.05 Å². The molecule has 2 aromatic carbocycles. The third-order valence-corrected chi connectivity index (χ3v) is 3.73. The number of rotatable bonds is 3. The lowest BCUT2D eigenvalue weighted by molar-refractivity contribution is 0.590. The molecule has 0 aliphatic rings. The maximum Gasteiger partial charge on any atom is 0.228 e. The van der Waals surface area contributed by atoms with Gasteiger partial charge in [-0.3, -0.25) is 0 Å². The van der Waals surface area contributed by atoms with Crippen molar-refractivity contribution in [1.82, 2.24) is 9.55 Å². The molecule has 2 heterocycles. The number of anilines is 2. The van der Waals surface area contributed by atoms with E-state index in [-0.39, 0.29) is 0 Å². The Morgan fingerprint density at radius 2 is 1.77 bits per heavy atom. The first kappa shape index (κ1) is 12.7. The van der Waals surface area contributed by atoms with Crippen LogP contribution in [0.2, 0.25) is 0 Å². The number of oxazole rings is 1. The molecule has 4 aromatic rings. The number of hydrogen-bond acceptors (Lipinski definition) is 3. The molecular weight excluding hydrogens is 274 g/mol. The molecule has 4 heteroatoms. The standard InChI is InChI=1S/C18H15N3O/c1-21-15-10-6-5-9-14(15)11-16(21)20-17-12-19-18(22-17)13-7-3-2-4-8-13/h2-12,20H,1H3. The van der Waals surface area contributed by atoms with Crippen LogP contribution in [0.4, 0.5) is 11.7 Å². The molecule has 0 unspecified atom stereocenters. The fourth-order valence-corrected chi connectivity index (χ4v) is 2.58. The molecule has 2 aromatic heterocycles. The van der Waals surface area contributed by atoms with Gasteiger partial charge in [-0.15, -0.1) is 0 Å². The summed E-state index contributed by atoms with van der Waals surface area (Å²) < 4.78 is 7.89. The minimum atomic E-state index is 0.613. The Morgan fingerprint density at radius 3 is 2.59 bits per heavy atom. The molecule has 4 nitrogen and oxygen atoms in total. The zero-order chi connectivity index (χ0) is 14.9. The summed E-state index contributed by atoms with van der Waals surface area (Å²) in [6.45, 7) is 0. The molecule has 22 heavy (non-hydrogen) atoms. The summed E-state index contributed by atoms with van der Waals surface area (Å²) in [5.41, 5.74) is 2.14. The van der Waals surface area contributed by atoms with Crippen molar-refractivity contribution in [1.29, 1.82) is 0 Å². The molecule has 0 amide bonds. The van der Waals surface area contributed by atoms with Crippen molar-refractivity contribution in [3.05, 3.63) is 66.9 Å². The largest absolute Gasteiger partial charge is 0.420 e. The van der Waals surface area contributed by atoms with Gasteiger partial charge in [0.15, 0.2) is 0 Å². The Hall–Kier alpha value is -3.01. The van der Waals surface area contributed by atoms with E-state index in [1.165, 1.54) is 10.9 Å². The van der Waals surface area contributed by atoms with Crippen LogP contribution < -0.4 is 5.32 Å². The van der Waals surface area contributed by atoms with Crippen molar-refractivity contribution < 1.29 is 4.42 Å².